The number of unbranched alkanes of at least 4 members (excludes halogenated alkanes) is 1. The van der Waals surface area contributed by atoms with Crippen molar-refractivity contribution in [3.63, 3.8) is 0 Å². The second-order valence-corrected chi connectivity index (χ2v) is 8.32. The molecular formula is C26H29FN4O5. The van der Waals surface area contributed by atoms with Gasteiger partial charge in [0.1, 0.15) is 11.5 Å². The van der Waals surface area contributed by atoms with E-state index in [9.17, 15) is 23.6 Å². The van der Waals surface area contributed by atoms with E-state index in [1.807, 2.05) is 31.2 Å². The summed E-state index contributed by atoms with van der Waals surface area (Å²) in [6, 6.07) is 12.6. The Hall–Kier alpha value is -4.08. The molecule has 0 spiro atoms. The molecular weight excluding hydrogens is 467 g/mol. The number of carbonyl (C=O) groups excluding carboxylic acids is 3. The molecule has 3 rings (SSSR count). The summed E-state index contributed by atoms with van der Waals surface area (Å²) in [5.74, 6) is -2.13. The van der Waals surface area contributed by atoms with Crippen LogP contribution in [0.5, 0.6) is 0 Å². The second kappa shape index (κ2) is 12.6. The lowest BCUT2D eigenvalue weighted by Crippen LogP contribution is -2.37. The number of fused-ring (bicyclic) bond motifs is 1. The third kappa shape index (κ3) is 7.21. The minimum atomic E-state index is -0.651. The zero-order chi connectivity index (χ0) is 26.1. The molecule has 9 nitrogen and oxygen atoms in total. The number of esters is 1. The fraction of sp³-hybridized carbons (Fsp3) is 0.346. The zero-order valence-corrected chi connectivity index (χ0v) is 20.3. The number of hydrogen-bond donors (Lipinski definition) is 1. The van der Waals surface area contributed by atoms with Crippen molar-refractivity contribution < 1.29 is 23.5 Å². The van der Waals surface area contributed by atoms with Crippen molar-refractivity contribution >= 4 is 34.5 Å². The monoisotopic (exact) mass is 496 g/mol. The number of amides is 2. The van der Waals surface area contributed by atoms with Crippen LogP contribution in [0, 0.1) is 5.82 Å². The fourth-order valence-corrected chi connectivity index (χ4v) is 3.53. The molecule has 0 atom stereocenters. The Morgan fingerprint density at radius 3 is 2.56 bits per heavy atom. The number of rotatable bonds is 11. The van der Waals surface area contributed by atoms with Gasteiger partial charge in [-0.05, 0) is 42.8 Å². The number of carbonyl (C=O) groups is 3. The molecule has 2 amide bonds. The third-order valence-electron chi connectivity index (χ3n) is 5.51. The average molecular weight is 497 g/mol. The molecule has 36 heavy (non-hydrogen) atoms. The lowest BCUT2D eigenvalue weighted by molar-refractivity contribution is -0.151. The van der Waals surface area contributed by atoms with E-state index in [4.69, 9.17) is 4.74 Å². The highest BCUT2D eigenvalue weighted by Gasteiger charge is 2.17. The second-order valence-electron chi connectivity index (χ2n) is 8.32. The zero-order valence-electron chi connectivity index (χ0n) is 20.3. The van der Waals surface area contributed by atoms with Crippen LogP contribution in [0.15, 0.2) is 53.3 Å². The van der Waals surface area contributed by atoms with Gasteiger partial charge < -0.3 is 19.5 Å². The largest absolute Gasteiger partial charge is 0.456 e. The maximum atomic E-state index is 13.0. The highest BCUT2D eigenvalue weighted by Crippen LogP contribution is 2.12. The molecule has 2 aromatic carbocycles. The molecule has 0 radical (unpaired) electrons. The normalized spacial score (nSPS) is 10.8. The predicted octanol–water partition coefficient (Wildman–Crippen LogP) is 2.91. The van der Waals surface area contributed by atoms with Crippen LogP contribution in [0.2, 0.25) is 0 Å². The first-order chi connectivity index (χ1) is 17.3. The Kier molecular flexibility index (Phi) is 9.26. The standard InChI is InChI=1S/C26H29FN4O5/c1-3-4-15-31-22-8-6-5-7-20(22)29-21(26(31)35)13-14-25(34)36-17-24(33)30(2)16-23(32)28-19-11-9-18(27)10-12-19/h5-12H,3-4,13-17H2,1-2H3,(H,28,32). The van der Waals surface area contributed by atoms with Gasteiger partial charge in [-0.25, -0.2) is 9.37 Å². The van der Waals surface area contributed by atoms with Crippen LogP contribution in [0.25, 0.3) is 11.0 Å². The Morgan fingerprint density at radius 2 is 1.83 bits per heavy atom. The third-order valence-corrected chi connectivity index (χ3v) is 5.51. The van der Waals surface area contributed by atoms with Crippen LogP contribution in [-0.2, 0) is 32.1 Å². The van der Waals surface area contributed by atoms with Crippen molar-refractivity contribution in [1.82, 2.24) is 14.5 Å². The number of aromatic nitrogens is 2. The highest BCUT2D eigenvalue weighted by atomic mass is 19.1. The van der Waals surface area contributed by atoms with Gasteiger partial charge in [-0.3, -0.25) is 19.2 Å². The van der Waals surface area contributed by atoms with Gasteiger partial charge in [0, 0.05) is 25.7 Å². The highest BCUT2D eigenvalue weighted by molar-refractivity contribution is 5.94. The minimum absolute atomic E-state index is 0.0821. The van der Waals surface area contributed by atoms with Crippen molar-refractivity contribution in [3.8, 4) is 0 Å². The molecule has 0 fully saturated rings. The average Bonchev–Trinajstić information content (AvgIpc) is 2.86. The van der Waals surface area contributed by atoms with Gasteiger partial charge in [-0.1, -0.05) is 25.5 Å². The lowest BCUT2D eigenvalue weighted by atomic mass is 10.2. The first-order valence-electron chi connectivity index (χ1n) is 11.7. The van der Waals surface area contributed by atoms with Gasteiger partial charge in [0.25, 0.3) is 11.5 Å². The molecule has 0 aliphatic heterocycles. The molecule has 10 heteroatoms. The summed E-state index contributed by atoms with van der Waals surface area (Å²) in [4.78, 5) is 55.0. The molecule has 0 aliphatic carbocycles. The van der Waals surface area contributed by atoms with Crippen molar-refractivity contribution in [2.24, 2.45) is 0 Å². The maximum Gasteiger partial charge on any atom is 0.306 e. The topological polar surface area (TPSA) is 111 Å². The van der Waals surface area contributed by atoms with E-state index < -0.39 is 30.2 Å². The lowest BCUT2D eigenvalue weighted by Gasteiger charge is -2.17. The number of aryl methyl sites for hydroxylation is 2. The van der Waals surface area contributed by atoms with Crippen LogP contribution in [0.3, 0.4) is 0 Å². The molecule has 1 heterocycles. The Morgan fingerprint density at radius 1 is 1.11 bits per heavy atom. The smallest absolute Gasteiger partial charge is 0.306 e. The molecule has 3 aromatic rings. The van der Waals surface area contributed by atoms with Crippen molar-refractivity contribution in [2.45, 2.75) is 39.2 Å². The molecule has 0 bridgehead atoms. The number of halogens is 1. The van der Waals surface area contributed by atoms with E-state index in [2.05, 4.69) is 10.3 Å². The minimum Gasteiger partial charge on any atom is -0.456 e. The number of ether oxygens (including phenoxy) is 1. The van der Waals surface area contributed by atoms with Crippen LogP contribution in [0.1, 0.15) is 31.9 Å². The Balaban J connectivity index is 1.51. The summed E-state index contributed by atoms with van der Waals surface area (Å²) in [6.07, 6.45) is 1.74. The molecule has 1 N–H and O–H groups in total. The van der Waals surface area contributed by atoms with Gasteiger partial charge in [0.2, 0.25) is 5.91 Å². The van der Waals surface area contributed by atoms with E-state index in [1.165, 1.54) is 31.3 Å². The number of para-hydroxylation sites is 2. The SMILES string of the molecule is CCCCn1c(=O)c(CCC(=O)OCC(=O)N(C)CC(=O)Nc2ccc(F)cc2)nc2ccccc21. The summed E-state index contributed by atoms with van der Waals surface area (Å²) >= 11 is 0. The van der Waals surface area contributed by atoms with Crippen molar-refractivity contribution in [1.29, 1.82) is 0 Å². The summed E-state index contributed by atoms with van der Waals surface area (Å²) in [5, 5.41) is 2.55. The number of nitrogens with zero attached hydrogens (tertiary/aromatic N) is 3. The van der Waals surface area contributed by atoms with E-state index in [-0.39, 0.29) is 30.6 Å². The van der Waals surface area contributed by atoms with Crippen LogP contribution < -0.4 is 10.9 Å². The van der Waals surface area contributed by atoms with E-state index in [0.717, 1.165) is 23.3 Å². The Labute approximate surface area is 207 Å². The van der Waals surface area contributed by atoms with Crippen LogP contribution in [0.4, 0.5) is 10.1 Å². The number of anilines is 1. The van der Waals surface area contributed by atoms with Crippen LogP contribution in [-0.4, -0.2) is 52.4 Å². The first-order valence-corrected chi connectivity index (χ1v) is 11.7. The van der Waals surface area contributed by atoms with Gasteiger partial charge in [-0.15, -0.1) is 0 Å². The Bertz CT molecular complexity index is 1290. The quantitative estimate of drug-likeness (QED) is 0.409. The number of hydrogen-bond acceptors (Lipinski definition) is 6. The molecule has 0 saturated heterocycles. The van der Waals surface area contributed by atoms with Gasteiger partial charge in [0.05, 0.1) is 24.0 Å². The van der Waals surface area contributed by atoms with Crippen LogP contribution >= 0.6 is 0 Å². The maximum absolute atomic E-state index is 13.0. The summed E-state index contributed by atoms with van der Waals surface area (Å²) in [5.41, 5.74) is 1.84. The van der Waals surface area contributed by atoms with Crippen molar-refractivity contribution in [2.75, 3.05) is 25.5 Å². The van der Waals surface area contributed by atoms with Gasteiger partial charge >= 0.3 is 5.97 Å². The van der Waals surface area contributed by atoms with Gasteiger partial charge in [-0.2, -0.15) is 0 Å². The molecule has 1 aromatic heterocycles. The first kappa shape index (κ1) is 26.5. The number of likely N-dealkylation sites (N-methyl/N-ethyl adjacent to an activating group) is 1. The van der Waals surface area contributed by atoms with E-state index in [1.54, 1.807) is 4.57 Å². The summed E-state index contributed by atoms with van der Waals surface area (Å²) in [7, 11) is 1.40. The molecule has 0 unspecified atom stereocenters. The van der Waals surface area contributed by atoms with E-state index in [0.29, 0.717) is 17.7 Å². The summed E-state index contributed by atoms with van der Waals surface area (Å²) in [6.45, 7) is 1.80. The molecule has 0 aliphatic rings. The fourth-order valence-electron chi connectivity index (χ4n) is 3.53. The molecule has 190 valence electrons. The van der Waals surface area contributed by atoms with E-state index >= 15 is 0 Å². The predicted molar refractivity (Wildman–Crippen MR) is 133 cm³/mol. The number of nitrogens with one attached hydrogen (secondary N) is 1. The van der Waals surface area contributed by atoms with Crippen molar-refractivity contribution in [3.05, 3.63) is 70.4 Å². The number of benzene rings is 2. The summed E-state index contributed by atoms with van der Waals surface area (Å²) < 4.78 is 19.7. The molecule has 0 saturated carbocycles. The van der Waals surface area contributed by atoms with Gasteiger partial charge in [0.15, 0.2) is 6.61 Å².